The highest BCUT2D eigenvalue weighted by Gasteiger charge is 2.25. The molecule has 3 rings (SSSR count). The fourth-order valence-electron chi connectivity index (χ4n) is 3.02. The van der Waals surface area contributed by atoms with Gasteiger partial charge in [-0.1, -0.05) is 0 Å². The van der Waals surface area contributed by atoms with Crippen molar-refractivity contribution in [2.45, 2.75) is 18.9 Å². The first-order valence-corrected chi connectivity index (χ1v) is 8.32. The summed E-state index contributed by atoms with van der Waals surface area (Å²) in [7, 11) is 0. The molecule has 1 aromatic rings. The predicted octanol–water partition coefficient (Wildman–Crippen LogP) is 0.310. The van der Waals surface area contributed by atoms with Crippen LogP contribution in [-0.4, -0.2) is 55.8 Å². The van der Waals surface area contributed by atoms with Crippen LogP contribution in [0.1, 0.15) is 12.8 Å². The minimum Gasteiger partial charge on any atom is -0.484 e. The van der Waals surface area contributed by atoms with E-state index in [0.717, 1.165) is 18.7 Å². The van der Waals surface area contributed by atoms with Gasteiger partial charge < -0.3 is 25.4 Å². The molecular weight excluding hydrogens is 346 g/mol. The zero-order valence-electron chi connectivity index (χ0n) is 13.9. The van der Waals surface area contributed by atoms with Crippen LogP contribution in [0.15, 0.2) is 24.3 Å². The van der Waals surface area contributed by atoms with Crippen LogP contribution in [0.3, 0.4) is 0 Å². The summed E-state index contributed by atoms with van der Waals surface area (Å²) in [6, 6.07) is 7.19. The molecule has 0 radical (unpaired) electrons. The van der Waals surface area contributed by atoms with Crippen molar-refractivity contribution < 1.29 is 19.4 Å². The number of β-amino-alcohol motifs (C(OH)–C–C–N with tert-alkyl or cyclic N) is 1. The number of ether oxygens (including phenoxy) is 1. The van der Waals surface area contributed by atoms with Crippen LogP contribution < -0.4 is 20.3 Å². The number of halogens is 1. The molecule has 2 amide bonds. The molecule has 0 spiro atoms. The number of rotatable bonds is 6. The average molecular weight is 370 g/mol. The van der Waals surface area contributed by atoms with Gasteiger partial charge in [-0.05, 0) is 30.7 Å². The summed E-state index contributed by atoms with van der Waals surface area (Å²) in [5, 5.41) is 15.5. The summed E-state index contributed by atoms with van der Waals surface area (Å²) in [5.41, 5.74) is 0.858. The second kappa shape index (κ2) is 9.03. The number of nitrogens with one attached hydrogen (secondary N) is 2. The molecule has 0 aromatic heterocycles. The molecule has 138 valence electrons. The number of hydrogen-bond acceptors (Lipinski definition) is 5. The van der Waals surface area contributed by atoms with Crippen molar-refractivity contribution in [1.29, 1.82) is 0 Å². The van der Waals surface area contributed by atoms with Gasteiger partial charge in [0.25, 0.3) is 5.91 Å². The minimum atomic E-state index is -0.410. The smallest absolute Gasteiger partial charge is 0.257 e. The standard InChI is InChI=1S/C17H23N3O4.ClH/c21-15-10-18-8-12(15)9-19-16(22)11-24-14-5-3-13(4-6-14)20-7-1-2-17(20)23;/h3-6,12,15,18,21H,1-2,7-11H2,(H,19,22);1H. The molecule has 2 saturated heterocycles. The fourth-order valence-corrected chi connectivity index (χ4v) is 3.02. The number of benzene rings is 1. The van der Waals surface area contributed by atoms with Crippen LogP contribution in [0.25, 0.3) is 0 Å². The van der Waals surface area contributed by atoms with Crippen LogP contribution in [0.2, 0.25) is 0 Å². The Hall–Kier alpha value is -1.83. The second-order valence-corrected chi connectivity index (χ2v) is 6.22. The summed E-state index contributed by atoms with van der Waals surface area (Å²) >= 11 is 0. The van der Waals surface area contributed by atoms with E-state index in [2.05, 4.69) is 10.6 Å². The Morgan fingerprint density at radius 2 is 2.08 bits per heavy atom. The van der Waals surface area contributed by atoms with E-state index in [0.29, 0.717) is 31.8 Å². The number of aliphatic hydroxyl groups excluding tert-OH is 1. The average Bonchev–Trinajstić information content (AvgIpc) is 3.20. The molecule has 3 N–H and O–H groups in total. The van der Waals surface area contributed by atoms with Crippen LogP contribution in [-0.2, 0) is 9.59 Å². The summed E-state index contributed by atoms with van der Waals surface area (Å²) in [6.07, 6.45) is 1.08. The van der Waals surface area contributed by atoms with Crippen molar-refractivity contribution in [2.75, 3.05) is 37.7 Å². The molecule has 8 heteroatoms. The van der Waals surface area contributed by atoms with E-state index in [1.165, 1.54) is 0 Å². The van der Waals surface area contributed by atoms with E-state index in [1.807, 2.05) is 12.1 Å². The lowest BCUT2D eigenvalue weighted by Crippen LogP contribution is -2.36. The number of carbonyl (C=O) groups excluding carboxylic acids is 2. The van der Waals surface area contributed by atoms with E-state index in [1.54, 1.807) is 17.0 Å². The van der Waals surface area contributed by atoms with Crippen molar-refractivity contribution in [1.82, 2.24) is 10.6 Å². The van der Waals surface area contributed by atoms with Gasteiger partial charge in [-0.3, -0.25) is 9.59 Å². The van der Waals surface area contributed by atoms with Gasteiger partial charge in [-0.15, -0.1) is 12.4 Å². The zero-order chi connectivity index (χ0) is 16.9. The highest BCUT2D eigenvalue weighted by Crippen LogP contribution is 2.23. The molecule has 7 nitrogen and oxygen atoms in total. The Morgan fingerprint density at radius 1 is 1.32 bits per heavy atom. The van der Waals surface area contributed by atoms with Crippen molar-refractivity contribution in [3.8, 4) is 5.75 Å². The molecule has 2 aliphatic rings. The lowest BCUT2D eigenvalue weighted by molar-refractivity contribution is -0.123. The number of anilines is 1. The Balaban J connectivity index is 0.00000225. The maximum atomic E-state index is 11.8. The van der Waals surface area contributed by atoms with Gasteiger partial charge in [0.15, 0.2) is 6.61 Å². The number of aliphatic hydroxyl groups is 1. The van der Waals surface area contributed by atoms with E-state index >= 15 is 0 Å². The molecule has 25 heavy (non-hydrogen) atoms. The quantitative estimate of drug-likeness (QED) is 0.671. The lowest BCUT2D eigenvalue weighted by Gasteiger charge is -2.16. The molecule has 0 bridgehead atoms. The van der Waals surface area contributed by atoms with Gasteiger partial charge in [0.05, 0.1) is 6.10 Å². The highest BCUT2D eigenvalue weighted by molar-refractivity contribution is 5.95. The Labute approximate surface area is 153 Å². The van der Waals surface area contributed by atoms with Crippen LogP contribution in [0, 0.1) is 5.92 Å². The molecular formula is C17H24ClN3O4. The molecule has 2 heterocycles. The van der Waals surface area contributed by atoms with Crippen LogP contribution in [0.4, 0.5) is 5.69 Å². The van der Waals surface area contributed by atoms with Crippen molar-refractivity contribution >= 4 is 29.9 Å². The third-order valence-corrected chi connectivity index (χ3v) is 4.46. The number of hydrogen-bond donors (Lipinski definition) is 3. The van der Waals surface area contributed by atoms with E-state index in [4.69, 9.17) is 4.74 Å². The SMILES string of the molecule is Cl.O=C(COc1ccc(N2CCCC2=O)cc1)NCC1CNCC1O. The third-order valence-electron chi connectivity index (χ3n) is 4.46. The summed E-state index contributed by atoms with van der Waals surface area (Å²) in [6.45, 7) is 2.40. The molecule has 2 atom stereocenters. The molecule has 1 aromatic carbocycles. The van der Waals surface area contributed by atoms with Gasteiger partial charge in [0.1, 0.15) is 5.75 Å². The summed E-state index contributed by atoms with van der Waals surface area (Å²) in [5.74, 6) is 0.564. The van der Waals surface area contributed by atoms with Crippen LogP contribution in [0.5, 0.6) is 5.75 Å². The monoisotopic (exact) mass is 369 g/mol. The van der Waals surface area contributed by atoms with Crippen molar-refractivity contribution in [3.63, 3.8) is 0 Å². The largest absolute Gasteiger partial charge is 0.484 e. The number of carbonyl (C=O) groups is 2. The first-order chi connectivity index (χ1) is 11.6. The maximum Gasteiger partial charge on any atom is 0.257 e. The molecule has 2 fully saturated rings. The van der Waals surface area contributed by atoms with E-state index in [-0.39, 0.29) is 36.7 Å². The lowest BCUT2D eigenvalue weighted by atomic mass is 10.1. The maximum absolute atomic E-state index is 11.8. The molecule has 2 aliphatic heterocycles. The van der Waals surface area contributed by atoms with Gasteiger partial charge in [0, 0.05) is 44.2 Å². The number of nitrogens with zero attached hydrogens (tertiary/aromatic N) is 1. The molecule has 0 saturated carbocycles. The van der Waals surface area contributed by atoms with Gasteiger partial charge in [-0.2, -0.15) is 0 Å². The first-order valence-electron chi connectivity index (χ1n) is 8.32. The summed E-state index contributed by atoms with van der Waals surface area (Å²) < 4.78 is 5.46. The number of amides is 2. The van der Waals surface area contributed by atoms with Gasteiger partial charge in [-0.25, -0.2) is 0 Å². The molecule has 2 unspecified atom stereocenters. The van der Waals surface area contributed by atoms with Gasteiger partial charge in [0.2, 0.25) is 5.91 Å². The minimum absolute atomic E-state index is 0. The highest BCUT2D eigenvalue weighted by atomic mass is 35.5. The van der Waals surface area contributed by atoms with Crippen LogP contribution >= 0.6 is 12.4 Å². The topological polar surface area (TPSA) is 90.9 Å². The zero-order valence-corrected chi connectivity index (χ0v) is 14.8. The first kappa shape index (κ1) is 19.5. The fraction of sp³-hybridized carbons (Fsp3) is 0.529. The Bertz CT molecular complexity index is 596. The molecule has 0 aliphatic carbocycles. The Kier molecular flexibility index (Phi) is 7.04. The normalized spacial score (nSPS) is 22.6. The van der Waals surface area contributed by atoms with E-state index in [9.17, 15) is 14.7 Å². The predicted molar refractivity (Wildman–Crippen MR) is 96.1 cm³/mol. The van der Waals surface area contributed by atoms with Crippen molar-refractivity contribution in [2.24, 2.45) is 5.92 Å². The van der Waals surface area contributed by atoms with Gasteiger partial charge >= 0.3 is 0 Å². The summed E-state index contributed by atoms with van der Waals surface area (Å²) in [4.78, 5) is 25.3. The second-order valence-electron chi connectivity index (χ2n) is 6.22. The third kappa shape index (κ3) is 5.07. The van der Waals surface area contributed by atoms with E-state index < -0.39 is 6.10 Å². The Morgan fingerprint density at radius 3 is 2.68 bits per heavy atom. The van der Waals surface area contributed by atoms with Crippen molar-refractivity contribution in [3.05, 3.63) is 24.3 Å².